The van der Waals surface area contributed by atoms with E-state index in [-0.39, 0.29) is 35.5 Å². The second kappa shape index (κ2) is 10.8. The first-order chi connectivity index (χ1) is 8.22. The maximum atomic E-state index is 11.6. The third kappa shape index (κ3) is 7.39. The van der Waals surface area contributed by atoms with Crippen LogP contribution in [0.4, 0.5) is 0 Å². The summed E-state index contributed by atoms with van der Waals surface area (Å²) in [7, 11) is 0. The van der Waals surface area contributed by atoms with E-state index in [2.05, 4.69) is 5.32 Å². The Morgan fingerprint density at radius 3 is 2.06 bits per heavy atom. The SMILES string of the molecule is O=C([O-])C1CCCCCCCCCCNC1=O.[Na+]. The number of hydrogen-bond donors (Lipinski definition) is 1. The van der Waals surface area contributed by atoms with Crippen LogP contribution in [0.15, 0.2) is 0 Å². The summed E-state index contributed by atoms with van der Waals surface area (Å²) in [6.45, 7) is 0.586. The quantitative estimate of drug-likeness (QED) is 0.439. The predicted molar refractivity (Wildman–Crippen MR) is 63.1 cm³/mol. The standard InChI is InChI=1S/C13H23NO3.Na/c15-12-11(13(16)17)9-7-5-3-1-2-4-6-8-10-14-12;/h11H,1-10H2,(H,14,15)(H,16,17);/q;+1/p-1. The number of hydrogen-bond acceptors (Lipinski definition) is 3. The normalized spacial score (nSPS) is 23.6. The molecule has 1 amide bonds. The van der Waals surface area contributed by atoms with E-state index < -0.39 is 11.9 Å². The van der Waals surface area contributed by atoms with Crippen molar-refractivity contribution in [1.29, 1.82) is 0 Å². The number of carbonyl (C=O) groups excluding carboxylic acids is 2. The smallest absolute Gasteiger partial charge is 0.549 e. The molecular formula is C13H22NNaO3. The molecule has 4 nitrogen and oxygen atoms in total. The van der Waals surface area contributed by atoms with Gasteiger partial charge in [0.15, 0.2) is 0 Å². The number of nitrogens with one attached hydrogen (secondary N) is 1. The minimum atomic E-state index is -1.24. The van der Waals surface area contributed by atoms with Gasteiger partial charge in [-0.15, -0.1) is 0 Å². The molecule has 0 aromatic heterocycles. The van der Waals surface area contributed by atoms with Crippen molar-refractivity contribution in [3.05, 3.63) is 0 Å². The Bertz CT molecular complexity index is 259. The van der Waals surface area contributed by atoms with Crippen LogP contribution in [0.2, 0.25) is 0 Å². The molecular weight excluding hydrogens is 241 g/mol. The summed E-state index contributed by atoms with van der Waals surface area (Å²) in [6.07, 6.45) is 9.08. The van der Waals surface area contributed by atoms with Crippen LogP contribution in [-0.4, -0.2) is 18.4 Å². The first-order valence-electron chi connectivity index (χ1n) is 6.70. The van der Waals surface area contributed by atoms with Crippen molar-refractivity contribution in [1.82, 2.24) is 5.32 Å². The van der Waals surface area contributed by atoms with E-state index in [9.17, 15) is 14.7 Å². The zero-order chi connectivity index (χ0) is 12.5. The van der Waals surface area contributed by atoms with E-state index in [0.717, 1.165) is 32.1 Å². The third-order valence-corrected chi connectivity index (χ3v) is 3.32. The molecule has 1 aliphatic heterocycles. The van der Waals surface area contributed by atoms with Crippen molar-refractivity contribution in [3.63, 3.8) is 0 Å². The molecule has 0 aliphatic carbocycles. The van der Waals surface area contributed by atoms with Gasteiger partial charge in [-0.2, -0.15) is 0 Å². The number of carboxylic acid groups (broad SMARTS) is 1. The fourth-order valence-electron chi connectivity index (χ4n) is 2.22. The van der Waals surface area contributed by atoms with Gasteiger partial charge in [0.05, 0.1) is 11.9 Å². The Hall–Kier alpha value is -0.0600. The number of rotatable bonds is 1. The number of aliphatic carboxylic acids is 1. The zero-order valence-electron chi connectivity index (χ0n) is 11.4. The molecule has 1 fully saturated rings. The first kappa shape index (κ1) is 17.9. The Balaban J connectivity index is 0.00000289. The molecule has 1 saturated heterocycles. The van der Waals surface area contributed by atoms with Gasteiger partial charge in [0.1, 0.15) is 0 Å². The van der Waals surface area contributed by atoms with E-state index in [0.29, 0.717) is 13.0 Å². The van der Waals surface area contributed by atoms with Crippen LogP contribution in [0.25, 0.3) is 0 Å². The van der Waals surface area contributed by atoms with E-state index in [1.165, 1.54) is 19.3 Å². The molecule has 18 heavy (non-hydrogen) atoms. The molecule has 1 atom stereocenters. The molecule has 1 heterocycles. The predicted octanol–water partition coefficient (Wildman–Crippen LogP) is -2.00. The molecule has 0 spiro atoms. The molecule has 98 valence electrons. The van der Waals surface area contributed by atoms with Gasteiger partial charge in [-0.25, -0.2) is 0 Å². The summed E-state index contributed by atoms with van der Waals surface area (Å²) in [5.41, 5.74) is 0. The summed E-state index contributed by atoms with van der Waals surface area (Å²) in [6, 6.07) is 0. The van der Waals surface area contributed by atoms with Crippen molar-refractivity contribution in [3.8, 4) is 0 Å². The van der Waals surface area contributed by atoms with Gasteiger partial charge >= 0.3 is 29.6 Å². The Labute approximate surface area is 131 Å². The van der Waals surface area contributed by atoms with Crippen molar-refractivity contribution in [2.75, 3.05) is 6.54 Å². The van der Waals surface area contributed by atoms with Crippen LogP contribution in [0.3, 0.4) is 0 Å². The monoisotopic (exact) mass is 263 g/mol. The molecule has 1 N–H and O–H groups in total. The first-order valence-corrected chi connectivity index (χ1v) is 6.70. The molecule has 0 aromatic rings. The van der Waals surface area contributed by atoms with E-state index in [4.69, 9.17) is 0 Å². The van der Waals surface area contributed by atoms with Crippen LogP contribution < -0.4 is 40.0 Å². The van der Waals surface area contributed by atoms with Crippen LogP contribution in [0.1, 0.15) is 57.8 Å². The number of amides is 1. The van der Waals surface area contributed by atoms with Crippen LogP contribution >= 0.6 is 0 Å². The Morgan fingerprint density at radius 1 is 1.00 bits per heavy atom. The largest absolute Gasteiger partial charge is 1.00 e. The zero-order valence-corrected chi connectivity index (χ0v) is 13.4. The summed E-state index contributed by atoms with van der Waals surface area (Å²) in [4.78, 5) is 22.5. The molecule has 0 radical (unpaired) electrons. The van der Waals surface area contributed by atoms with Gasteiger partial charge in [-0.3, -0.25) is 4.79 Å². The van der Waals surface area contributed by atoms with Gasteiger partial charge in [-0.05, 0) is 12.8 Å². The molecule has 5 heteroatoms. The van der Waals surface area contributed by atoms with Gasteiger partial charge < -0.3 is 15.2 Å². The van der Waals surface area contributed by atoms with E-state index in [1.807, 2.05) is 0 Å². The van der Waals surface area contributed by atoms with Crippen LogP contribution in [0, 0.1) is 5.92 Å². The Kier molecular flexibility index (Phi) is 10.8. The fraction of sp³-hybridized carbons (Fsp3) is 0.846. The number of carboxylic acids is 1. The summed E-state index contributed by atoms with van der Waals surface area (Å²) in [5.74, 6) is -2.57. The van der Waals surface area contributed by atoms with Crippen molar-refractivity contribution >= 4 is 11.9 Å². The van der Waals surface area contributed by atoms with Gasteiger partial charge in [0.25, 0.3) is 0 Å². The maximum absolute atomic E-state index is 11.6. The van der Waals surface area contributed by atoms with Gasteiger partial charge in [0.2, 0.25) is 5.91 Å². The van der Waals surface area contributed by atoms with Crippen LogP contribution in [0.5, 0.6) is 0 Å². The average molecular weight is 263 g/mol. The minimum absolute atomic E-state index is 0. The second-order valence-electron chi connectivity index (χ2n) is 4.78. The third-order valence-electron chi connectivity index (χ3n) is 3.32. The summed E-state index contributed by atoms with van der Waals surface area (Å²) in [5, 5.41) is 13.6. The van der Waals surface area contributed by atoms with Crippen LogP contribution in [-0.2, 0) is 9.59 Å². The molecule has 0 saturated carbocycles. The fourth-order valence-corrected chi connectivity index (χ4v) is 2.22. The number of carbonyl (C=O) groups is 2. The molecule has 0 bridgehead atoms. The molecule has 1 rings (SSSR count). The topological polar surface area (TPSA) is 69.2 Å². The van der Waals surface area contributed by atoms with E-state index >= 15 is 0 Å². The van der Waals surface area contributed by atoms with Gasteiger partial charge in [-0.1, -0.05) is 44.9 Å². The van der Waals surface area contributed by atoms with Crippen molar-refractivity contribution in [2.45, 2.75) is 57.8 Å². The summed E-state index contributed by atoms with van der Waals surface area (Å²) < 4.78 is 0. The average Bonchev–Trinajstić information content (AvgIpc) is 2.30. The molecule has 0 aromatic carbocycles. The van der Waals surface area contributed by atoms with Crippen molar-refractivity contribution < 1.29 is 44.3 Å². The van der Waals surface area contributed by atoms with E-state index in [1.54, 1.807) is 0 Å². The Morgan fingerprint density at radius 2 is 1.50 bits per heavy atom. The summed E-state index contributed by atoms with van der Waals surface area (Å²) >= 11 is 0. The second-order valence-corrected chi connectivity index (χ2v) is 4.78. The molecule has 1 unspecified atom stereocenters. The maximum Gasteiger partial charge on any atom is 1.00 e. The molecule has 1 aliphatic rings. The van der Waals surface area contributed by atoms with Crippen molar-refractivity contribution in [2.24, 2.45) is 5.92 Å². The van der Waals surface area contributed by atoms with Gasteiger partial charge in [0, 0.05) is 6.54 Å². The minimum Gasteiger partial charge on any atom is -0.549 e.